The molecule has 0 nitrogen and oxygen atoms in total. The van der Waals surface area contributed by atoms with Gasteiger partial charge in [-0.15, -0.1) is 0 Å². The van der Waals surface area contributed by atoms with Crippen molar-refractivity contribution in [1.29, 1.82) is 0 Å². The molecule has 156 valence electrons. The summed E-state index contributed by atoms with van der Waals surface area (Å²) in [7, 11) is 0. The van der Waals surface area contributed by atoms with Crippen LogP contribution in [0.3, 0.4) is 0 Å². The van der Waals surface area contributed by atoms with Gasteiger partial charge in [0, 0.05) is 12.8 Å². The summed E-state index contributed by atoms with van der Waals surface area (Å²) in [4.78, 5) is 0. The monoisotopic (exact) mass is 364 g/mol. The average molecular weight is 365 g/mol. The van der Waals surface area contributed by atoms with Gasteiger partial charge in [0.1, 0.15) is 0 Å². The molecule has 0 radical (unpaired) electrons. The Morgan fingerprint density at radius 2 is 1.12 bits per heavy atom. The van der Waals surface area contributed by atoms with E-state index >= 15 is 0 Å². The number of halogens is 2. The van der Waals surface area contributed by atoms with Crippen molar-refractivity contribution in [2.75, 3.05) is 0 Å². The molecule has 0 saturated heterocycles. The first-order valence-corrected chi connectivity index (χ1v) is 10.7. The summed E-state index contributed by atoms with van der Waals surface area (Å²) in [5.41, 5.74) is 1.38. The Hall–Kier alpha value is -0.400. The molecule has 0 N–H and O–H groups in total. The molecule has 0 atom stereocenters. The molecule has 2 fully saturated rings. The van der Waals surface area contributed by atoms with Crippen LogP contribution in [0.25, 0.3) is 0 Å². The highest BCUT2D eigenvalue weighted by Crippen LogP contribution is 2.40. The third-order valence-electron chi connectivity index (χ3n) is 2.73. The molecule has 2 heteroatoms. The molecular weight excluding hydrogens is 314 g/mol. The summed E-state index contributed by atoms with van der Waals surface area (Å²) in [6.07, 6.45) is 11.1. The van der Waals surface area contributed by atoms with Crippen LogP contribution < -0.4 is 0 Å². The van der Waals surface area contributed by atoms with Gasteiger partial charge in [-0.2, -0.15) is 0 Å². The van der Waals surface area contributed by atoms with E-state index < -0.39 is 5.92 Å². The molecule has 0 aromatic rings. The molecule has 25 heavy (non-hydrogen) atoms. The Morgan fingerprint density at radius 3 is 1.16 bits per heavy atom. The van der Waals surface area contributed by atoms with Crippen molar-refractivity contribution in [3.05, 3.63) is 12.2 Å². The van der Waals surface area contributed by atoms with Crippen molar-refractivity contribution in [1.82, 2.24) is 0 Å². The normalized spacial score (nSPS) is 14.7. The molecule has 0 aromatic carbocycles. The Labute approximate surface area is 159 Å². The summed E-state index contributed by atoms with van der Waals surface area (Å²) in [6, 6.07) is 0. The maximum absolute atomic E-state index is 11.1. The fraction of sp³-hybridized carbons (Fsp3) is 0.913. The van der Waals surface area contributed by atoms with Crippen molar-refractivity contribution < 1.29 is 8.78 Å². The topological polar surface area (TPSA) is 0 Å². The van der Waals surface area contributed by atoms with Gasteiger partial charge in [0.25, 0.3) is 0 Å². The fourth-order valence-corrected chi connectivity index (χ4v) is 0.875. The second-order valence-corrected chi connectivity index (χ2v) is 7.06. The van der Waals surface area contributed by atoms with Gasteiger partial charge in [0.05, 0.1) is 0 Å². The summed E-state index contributed by atoms with van der Waals surface area (Å²) >= 11 is 0. The van der Waals surface area contributed by atoms with Crippen LogP contribution in [-0.2, 0) is 0 Å². The minimum atomic E-state index is -2.25. The van der Waals surface area contributed by atoms with E-state index in [-0.39, 0.29) is 12.8 Å². The van der Waals surface area contributed by atoms with Gasteiger partial charge >= 0.3 is 0 Å². The molecule has 2 aliphatic rings. The van der Waals surface area contributed by atoms with Gasteiger partial charge in [-0.25, -0.2) is 8.78 Å². The molecule has 0 bridgehead atoms. The zero-order valence-electron chi connectivity index (χ0n) is 19.1. The van der Waals surface area contributed by atoms with Gasteiger partial charge in [-0.3, -0.25) is 0 Å². The number of hydrogen-bond donors (Lipinski definition) is 0. The summed E-state index contributed by atoms with van der Waals surface area (Å²) in [6.45, 7) is 22.9. The van der Waals surface area contributed by atoms with Crippen molar-refractivity contribution in [2.45, 2.75) is 132 Å². The van der Waals surface area contributed by atoms with Crippen LogP contribution >= 0.6 is 0 Å². The maximum Gasteiger partial charge on any atom is 0.248 e. The van der Waals surface area contributed by atoms with E-state index in [0.717, 1.165) is 12.3 Å². The van der Waals surface area contributed by atoms with Gasteiger partial charge < -0.3 is 0 Å². The number of rotatable bonds is 3. The molecule has 0 aromatic heterocycles. The van der Waals surface area contributed by atoms with Crippen LogP contribution in [0.1, 0.15) is 127 Å². The minimum Gasteiger partial charge on any atom is -0.207 e. The third-order valence-corrected chi connectivity index (χ3v) is 2.73. The molecular formula is C23H50F2. The number of alkyl halides is 2. The molecule has 0 heterocycles. The van der Waals surface area contributed by atoms with Gasteiger partial charge in [0.15, 0.2) is 0 Å². The van der Waals surface area contributed by atoms with E-state index in [1.165, 1.54) is 50.5 Å². The molecule has 2 aliphatic carbocycles. The molecule has 0 unspecified atom stereocenters. The predicted molar refractivity (Wildman–Crippen MR) is 115 cm³/mol. The summed E-state index contributed by atoms with van der Waals surface area (Å²) in [5.74, 6) is -1.42. The number of allylic oxidation sites excluding steroid dienone is 1. The summed E-state index contributed by atoms with van der Waals surface area (Å²) in [5, 5.41) is 0. The molecule has 2 saturated carbocycles. The Morgan fingerprint density at radius 1 is 0.880 bits per heavy atom. The Kier molecular flexibility index (Phi) is 33.4. The van der Waals surface area contributed by atoms with Gasteiger partial charge in [-0.1, -0.05) is 113 Å². The van der Waals surface area contributed by atoms with Crippen LogP contribution in [0.5, 0.6) is 0 Å². The first kappa shape index (κ1) is 32.3. The predicted octanol–water partition coefficient (Wildman–Crippen LogP) is 9.83. The molecule has 0 amide bonds. The lowest BCUT2D eigenvalue weighted by molar-refractivity contribution is 0.120. The first-order valence-electron chi connectivity index (χ1n) is 10.7. The van der Waals surface area contributed by atoms with E-state index in [1.54, 1.807) is 0 Å². The third kappa shape index (κ3) is 59.5. The van der Waals surface area contributed by atoms with Gasteiger partial charge in [0.2, 0.25) is 5.92 Å². The number of hydrogen-bond acceptors (Lipinski definition) is 0. The lowest BCUT2D eigenvalue weighted by Gasteiger charge is -2.05. The van der Waals surface area contributed by atoms with E-state index in [2.05, 4.69) is 55.0 Å². The highest BCUT2D eigenvalue weighted by Gasteiger charge is 2.43. The lowest BCUT2D eigenvalue weighted by atomic mass is 10.0. The zero-order valence-corrected chi connectivity index (χ0v) is 19.1. The van der Waals surface area contributed by atoms with Crippen molar-refractivity contribution in [2.24, 2.45) is 5.92 Å². The van der Waals surface area contributed by atoms with Crippen molar-refractivity contribution in [3.63, 3.8) is 0 Å². The average Bonchev–Trinajstić information content (AvgIpc) is 3.15. The lowest BCUT2D eigenvalue weighted by Crippen LogP contribution is -1.85. The molecule has 0 aliphatic heterocycles. The van der Waals surface area contributed by atoms with Crippen LogP contribution in [0, 0.1) is 5.92 Å². The first-order chi connectivity index (χ1) is 11.7. The second-order valence-electron chi connectivity index (χ2n) is 7.06. The van der Waals surface area contributed by atoms with Crippen LogP contribution in [0.2, 0.25) is 0 Å². The molecule has 2 rings (SSSR count). The van der Waals surface area contributed by atoms with E-state index in [0.29, 0.717) is 0 Å². The highest BCUT2D eigenvalue weighted by atomic mass is 19.3. The Bertz CT molecular complexity index is 215. The maximum atomic E-state index is 11.1. The summed E-state index contributed by atoms with van der Waals surface area (Å²) < 4.78 is 22.3. The zero-order chi connectivity index (χ0) is 20.7. The van der Waals surface area contributed by atoms with Gasteiger partial charge in [-0.05, 0) is 18.8 Å². The second kappa shape index (κ2) is 25.8. The van der Waals surface area contributed by atoms with Crippen LogP contribution in [0.15, 0.2) is 12.2 Å². The fourth-order valence-electron chi connectivity index (χ4n) is 0.875. The van der Waals surface area contributed by atoms with E-state index in [4.69, 9.17) is 0 Å². The van der Waals surface area contributed by atoms with Crippen molar-refractivity contribution >= 4 is 0 Å². The SMILES string of the molecule is C1CCC1.C=C(CC)CCC.CC.CC(C)C.CCC.FC1(F)CC1. The van der Waals surface area contributed by atoms with E-state index in [9.17, 15) is 8.78 Å². The minimum absolute atomic E-state index is 0.118. The molecule has 0 spiro atoms. The van der Waals surface area contributed by atoms with E-state index in [1.807, 2.05) is 13.8 Å². The van der Waals surface area contributed by atoms with Crippen LogP contribution in [0.4, 0.5) is 8.78 Å². The van der Waals surface area contributed by atoms with Crippen LogP contribution in [-0.4, -0.2) is 5.92 Å². The Balaban J connectivity index is -0.000000110. The highest BCUT2D eigenvalue weighted by molar-refractivity contribution is 4.91. The quantitative estimate of drug-likeness (QED) is 0.437. The van der Waals surface area contributed by atoms with Crippen molar-refractivity contribution in [3.8, 4) is 0 Å². The standard InChI is InChI=1S/C7H14.C4H8.C4H10.C3H4F2.C3H8.C2H6/c1-4-6-7(3)5-2;1-2-4-3-1;1-4(2)3;4-3(5)1-2-3;1-3-2;1-2/h3-6H2,1-2H3;1-4H2;4H,1-3H3;1-2H2;3H2,1-2H3;1-2H3. The largest absolute Gasteiger partial charge is 0.248 e. The smallest absolute Gasteiger partial charge is 0.207 e.